The molecular formula is C25H29N2O+. The van der Waals surface area contributed by atoms with Crippen LogP contribution in [0.15, 0.2) is 66.7 Å². The number of amides is 1. The van der Waals surface area contributed by atoms with Crippen molar-refractivity contribution in [2.24, 2.45) is 0 Å². The van der Waals surface area contributed by atoms with Crippen LogP contribution in [0.4, 0.5) is 0 Å². The minimum atomic E-state index is 0.0801. The van der Waals surface area contributed by atoms with Crippen molar-refractivity contribution in [1.29, 1.82) is 0 Å². The summed E-state index contributed by atoms with van der Waals surface area (Å²) in [5.41, 5.74) is 3.69. The van der Waals surface area contributed by atoms with E-state index in [2.05, 4.69) is 53.8 Å². The fourth-order valence-electron chi connectivity index (χ4n) is 4.28. The molecule has 2 N–H and O–H groups in total. The maximum Gasteiger partial charge on any atom is 0.224 e. The minimum Gasteiger partial charge on any atom is -0.352 e. The van der Waals surface area contributed by atoms with Crippen molar-refractivity contribution in [2.75, 3.05) is 13.1 Å². The van der Waals surface area contributed by atoms with Gasteiger partial charge in [0, 0.05) is 12.1 Å². The molecule has 4 rings (SSSR count). The number of carbonyl (C=O) groups excluding carboxylic acids is 1. The van der Waals surface area contributed by atoms with Gasteiger partial charge in [0.2, 0.25) is 5.91 Å². The fraction of sp³-hybridized carbons (Fsp3) is 0.320. The average molecular weight is 374 g/mol. The van der Waals surface area contributed by atoms with Crippen molar-refractivity contribution in [3.05, 3.63) is 83.4 Å². The molecule has 1 heterocycles. The standard InChI is InChI=1S/C25H28N2O/c28-25(17-21-13-8-12-20-9-4-5-14-24(20)21)26-18-22-10-2-3-11-23(22)19-27-15-6-1-7-16-27/h2-5,8-14H,1,6-7,15-19H2,(H,26,28)/p+1. The summed E-state index contributed by atoms with van der Waals surface area (Å²) in [4.78, 5) is 14.3. The Morgan fingerprint density at radius 3 is 2.32 bits per heavy atom. The Morgan fingerprint density at radius 2 is 1.46 bits per heavy atom. The van der Waals surface area contributed by atoms with E-state index in [0.29, 0.717) is 13.0 Å². The van der Waals surface area contributed by atoms with Crippen molar-refractivity contribution >= 4 is 16.7 Å². The van der Waals surface area contributed by atoms with E-state index < -0.39 is 0 Å². The zero-order valence-corrected chi connectivity index (χ0v) is 16.4. The van der Waals surface area contributed by atoms with Crippen LogP contribution in [-0.2, 0) is 24.3 Å². The van der Waals surface area contributed by atoms with E-state index in [1.165, 1.54) is 48.9 Å². The number of piperidine rings is 1. The molecular weight excluding hydrogens is 344 g/mol. The summed E-state index contributed by atoms with van der Waals surface area (Å²) in [7, 11) is 0. The predicted molar refractivity (Wildman–Crippen MR) is 114 cm³/mol. The van der Waals surface area contributed by atoms with Gasteiger partial charge in [0.25, 0.3) is 0 Å². The molecule has 1 aliphatic rings. The number of fused-ring (bicyclic) bond motifs is 1. The van der Waals surface area contributed by atoms with Gasteiger partial charge in [-0.3, -0.25) is 4.79 Å². The third-order valence-corrected chi connectivity index (χ3v) is 5.83. The molecule has 0 unspecified atom stereocenters. The molecule has 3 heteroatoms. The van der Waals surface area contributed by atoms with Crippen molar-refractivity contribution in [3.8, 4) is 0 Å². The molecule has 3 aromatic rings. The van der Waals surface area contributed by atoms with Gasteiger partial charge in [-0.05, 0) is 41.2 Å². The van der Waals surface area contributed by atoms with Gasteiger partial charge in [-0.2, -0.15) is 0 Å². The first-order valence-electron chi connectivity index (χ1n) is 10.4. The lowest BCUT2D eigenvalue weighted by Crippen LogP contribution is -3.11. The van der Waals surface area contributed by atoms with Crippen LogP contribution in [0.2, 0.25) is 0 Å². The number of nitrogens with one attached hydrogen (secondary N) is 2. The van der Waals surface area contributed by atoms with Crippen LogP contribution >= 0.6 is 0 Å². The molecule has 0 aromatic heterocycles. The van der Waals surface area contributed by atoms with E-state index >= 15 is 0 Å². The Balaban J connectivity index is 1.39. The topological polar surface area (TPSA) is 33.5 Å². The Labute approximate surface area is 167 Å². The third-order valence-electron chi connectivity index (χ3n) is 5.83. The molecule has 0 spiro atoms. The van der Waals surface area contributed by atoms with E-state index in [0.717, 1.165) is 17.5 Å². The second-order valence-electron chi connectivity index (χ2n) is 7.85. The Morgan fingerprint density at radius 1 is 0.786 bits per heavy atom. The van der Waals surface area contributed by atoms with Crippen LogP contribution in [0.3, 0.4) is 0 Å². The third kappa shape index (κ3) is 4.60. The summed E-state index contributed by atoms with van der Waals surface area (Å²) in [6.07, 6.45) is 4.45. The van der Waals surface area contributed by atoms with Crippen LogP contribution in [0.5, 0.6) is 0 Å². The highest BCUT2D eigenvalue weighted by atomic mass is 16.1. The highest BCUT2D eigenvalue weighted by molar-refractivity contribution is 5.90. The Hall–Kier alpha value is -2.65. The molecule has 1 amide bonds. The zero-order valence-electron chi connectivity index (χ0n) is 16.4. The lowest BCUT2D eigenvalue weighted by molar-refractivity contribution is -0.918. The highest BCUT2D eigenvalue weighted by Crippen LogP contribution is 2.19. The smallest absolute Gasteiger partial charge is 0.224 e. The molecule has 0 atom stereocenters. The Kier molecular flexibility index (Phi) is 6.03. The van der Waals surface area contributed by atoms with Gasteiger partial charge in [-0.1, -0.05) is 66.7 Å². The molecule has 0 radical (unpaired) electrons. The van der Waals surface area contributed by atoms with Gasteiger partial charge in [-0.15, -0.1) is 0 Å². The normalized spacial score (nSPS) is 14.9. The molecule has 1 aliphatic heterocycles. The van der Waals surface area contributed by atoms with Crippen LogP contribution in [-0.4, -0.2) is 19.0 Å². The number of likely N-dealkylation sites (tertiary alicyclic amines) is 1. The predicted octanol–water partition coefficient (Wildman–Crippen LogP) is 3.27. The largest absolute Gasteiger partial charge is 0.352 e. The molecule has 1 saturated heterocycles. The molecule has 28 heavy (non-hydrogen) atoms. The number of quaternary nitrogens is 1. The van der Waals surface area contributed by atoms with Crippen molar-refractivity contribution in [1.82, 2.24) is 5.32 Å². The first-order valence-corrected chi connectivity index (χ1v) is 10.4. The number of carbonyl (C=O) groups is 1. The van der Waals surface area contributed by atoms with E-state index in [4.69, 9.17) is 0 Å². The van der Waals surface area contributed by atoms with Crippen molar-refractivity contribution < 1.29 is 9.69 Å². The molecule has 144 valence electrons. The summed E-state index contributed by atoms with van der Waals surface area (Å²) >= 11 is 0. The van der Waals surface area contributed by atoms with Gasteiger partial charge in [-0.25, -0.2) is 0 Å². The van der Waals surface area contributed by atoms with Crippen molar-refractivity contribution in [3.63, 3.8) is 0 Å². The van der Waals surface area contributed by atoms with Gasteiger partial charge >= 0.3 is 0 Å². The maximum absolute atomic E-state index is 12.6. The average Bonchev–Trinajstić information content (AvgIpc) is 2.74. The summed E-state index contributed by atoms with van der Waals surface area (Å²) in [6.45, 7) is 4.20. The minimum absolute atomic E-state index is 0.0801. The first kappa shape index (κ1) is 18.7. The molecule has 0 bridgehead atoms. The van der Waals surface area contributed by atoms with Crippen molar-refractivity contribution in [2.45, 2.75) is 38.8 Å². The Bertz CT molecular complexity index is 939. The molecule has 0 aliphatic carbocycles. The SMILES string of the molecule is O=C(Cc1cccc2ccccc12)NCc1ccccc1C[NH+]1CCCCC1. The quantitative estimate of drug-likeness (QED) is 0.683. The lowest BCUT2D eigenvalue weighted by Gasteiger charge is -2.24. The van der Waals surface area contributed by atoms with Gasteiger partial charge < -0.3 is 10.2 Å². The summed E-state index contributed by atoms with van der Waals surface area (Å²) < 4.78 is 0. The maximum atomic E-state index is 12.6. The van der Waals surface area contributed by atoms with Gasteiger partial charge in [0.1, 0.15) is 6.54 Å². The number of rotatable bonds is 6. The van der Waals surface area contributed by atoms with E-state index in [1.54, 1.807) is 4.90 Å². The summed E-state index contributed by atoms with van der Waals surface area (Å²) in [6, 6.07) is 23.0. The second-order valence-corrected chi connectivity index (χ2v) is 7.85. The fourth-order valence-corrected chi connectivity index (χ4v) is 4.28. The highest BCUT2D eigenvalue weighted by Gasteiger charge is 2.16. The van der Waals surface area contributed by atoms with Crippen LogP contribution in [0.1, 0.15) is 36.0 Å². The molecule has 1 fully saturated rings. The molecule has 3 nitrogen and oxygen atoms in total. The summed E-state index contributed by atoms with van der Waals surface area (Å²) in [5.74, 6) is 0.0801. The molecule has 0 saturated carbocycles. The van der Waals surface area contributed by atoms with Gasteiger partial charge in [0.15, 0.2) is 0 Å². The summed E-state index contributed by atoms with van der Waals surface area (Å²) in [5, 5.41) is 5.49. The number of hydrogen-bond donors (Lipinski definition) is 2. The van der Waals surface area contributed by atoms with E-state index in [1.807, 2.05) is 18.2 Å². The van der Waals surface area contributed by atoms with Crippen LogP contribution in [0, 0.1) is 0 Å². The number of benzene rings is 3. The monoisotopic (exact) mass is 373 g/mol. The molecule has 3 aromatic carbocycles. The number of hydrogen-bond acceptors (Lipinski definition) is 1. The second kappa shape index (κ2) is 9.03. The lowest BCUT2D eigenvalue weighted by atomic mass is 10.0. The zero-order chi connectivity index (χ0) is 19.2. The van der Waals surface area contributed by atoms with Crippen LogP contribution in [0.25, 0.3) is 10.8 Å². The van der Waals surface area contributed by atoms with E-state index in [9.17, 15) is 4.79 Å². The van der Waals surface area contributed by atoms with Crippen LogP contribution < -0.4 is 10.2 Å². The van der Waals surface area contributed by atoms with E-state index in [-0.39, 0.29) is 5.91 Å². The first-order chi connectivity index (χ1) is 13.8. The van der Waals surface area contributed by atoms with Gasteiger partial charge in [0.05, 0.1) is 19.5 Å².